The van der Waals surface area contributed by atoms with Crippen molar-refractivity contribution in [1.29, 1.82) is 0 Å². The van der Waals surface area contributed by atoms with E-state index < -0.39 is 23.5 Å². The van der Waals surface area contributed by atoms with Gasteiger partial charge in [-0.15, -0.1) is 0 Å². The minimum absolute atomic E-state index is 0.0530. The molecule has 0 unspecified atom stereocenters. The smallest absolute Gasteiger partial charge is 0.409 e. The third-order valence-corrected chi connectivity index (χ3v) is 2.47. The number of oxime groups is 1. The maximum absolute atomic E-state index is 13.2. The second-order valence-electron chi connectivity index (χ2n) is 3.79. The molecule has 20 heavy (non-hydrogen) atoms. The fourth-order valence-corrected chi connectivity index (χ4v) is 1.58. The van der Waals surface area contributed by atoms with Crippen molar-refractivity contribution in [2.75, 3.05) is 0 Å². The Hall–Kier alpha value is -2.58. The van der Waals surface area contributed by atoms with Crippen LogP contribution in [0.15, 0.2) is 35.6 Å². The molecular weight excluding hydrogens is 280 g/mol. The Morgan fingerprint density at radius 1 is 1.30 bits per heavy atom. The summed E-state index contributed by atoms with van der Waals surface area (Å²) in [5, 5.41) is 14.7. The molecule has 106 valence electrons. The van der Waals surface area contributed by atoms with Crippen LogP contribution in [-0.4, -0.2) is 20.8 Å². The van der Waals surface area contributed by atoms with Gasteiger partial charge in [-0.05, 0) is 24.3 Å². The average molecular weight is 288 g/mol. The monoisotopic (exact) mass is 288 g/mol. The number of aromatic nitrogens is 2. The average Bonchev–Trinajstić information content (AvgIpc) is 2.87. The summed E-state index contributed by atoms with van der Waals surface area (Å²) in [7, 11) is 0. The molecule has 0 aliphatic rings. The van der Waals surface area contributed by atoms with Crippen LogP contribution in [0.4, 0.5) is 17.6 Å². The van der Waals surface area contributed by atoms with Gasteiger partial charge in [0.15, 0.2) is 11.5 Å². The van der Waals surface area contributed by atoms with Crippen molar-refractivity contribution < 1.29 is 22.8 Å². The molecule has 2 rings (SSSR count). The summed E-state index contributed by atoms with van der Waals surface area (Å²) in [6, 6.07) is 3.90. The Morgan fingerprint density at radius 2 is 2.00 bits per heavy atom. The molecule has 0 aliphatic heterocycles. The van der Waals surface area contributed by atoms with Crippen molar-refractivity contribution in [1.82, 2.24) is 9.78 Å². The summed E-state index contributed by atoms with van der Waals surface area (Å²) in [6.07, 6.45) is -3.55. The highest BCUT2D eigenvalue weighted by atomic mass is 19.4. The number of rotatable bonds is 2. The lowest BCUT2D eigenvalue weighted by molar-refractivity contribution is -0.141. The molecule has 1 aromatic carbocycles. The number of nitrogens with two attached hydrogens (primary N) is 1. The molecule has 5 nitrogen and oxygen atoms in total. The largest absolute Gasteiger partial charge is 0.435 e. The number of halogens is 4. The Balaban J connectivity index is 2.56. The van der Waals surface area contributed by atoms with Gasteiger partial charge in [-0.2, -0.15) is 18.3 Å². The van der Waals surface area contributed by atoms with Gasteiger partial charge in [-0.1, -0.05) is 5.16 Å². The lowest BCUT2D eigenvalue weighted by atomic mass is 10.1. The van der Waals surface area contributed by atoms with Gasteiger partial charge in [0.2, 0.25) is 0 Å². The first-order valence-electron chi connectivity index (χ1n) is 5.23. The highest BCUT2D eigenvalue weighted by molar-refractivity contribution is 6.00. The predicted molar refractivity (Wildman–Crippen MR) is 61.0 cm³/mol. The zero-order chi connectivity index (χ0) is 14.9. The van der Waals surface area contributed by atoms with Gasteiger partial charge in [0.05, 0.1) is 5.69 Å². The first kappa shape index (κ1) is 13.8. The molecule has 0 radical (unpaired) electrons. The molecule has 1 aromatic heterocycles. The number of amidine groups is 1. The summed E-state index contributed by atoms with van der Waals surface area (Å²) in [4.78, 5) is 0. The molecule has 1 heterocycles. The highest BCUT2D eigenvalue weighted by Gasteiger charge is 2.33. The topological polar surface area (TPSA) is 76.4 Å². The minimum atomic E-state index is -4.60. The molecule has 0 spiro atoms. The summed E-state index contributed by atoms with van der Waals surface area (Å²) in [5.74, 6) is -1.12. The van der Waals surface area contributed by atoms with Crippen molar-refractivity contribution in [2.45, 2.75) is 6.18 Å². The Morgan fingerprint density at radius 3 is 2.55 bits per heavy atom. The van der Waals surface area contributed by atoms with Gasteiger partial charge in [-0.3, -0.25) is 0 Å². The molecule has 9 heteroatoms. The molecule has 0 amide bonds. The van der Waals surface area contributed by atoms with Gasteiger partial charge >= 0.3 is 6.18 Å². The summed E-state index contributed by atoms with van der Waals surface area (Å²) >= 11 is 0. The molecule has 0 saturated carbocycles. The third-order valence-electron chi connectivity index (χ3n) is 2.47. The Kier molecular flexibility index (Phi) is 3.35. The van der Waals surface area contributed by atoms with Crippen molar-refractivity contribution in [3.05, 3.63) is 47.5 Å². The number of hydrogen-bond acceptors (Lipinski definition) is 3. The number of nitrogens with zero attached hydrogens (tertiary/aromatic N) is 3. The maximum atomic E-state index is 13.2. The van der Waals surface area contributed by atoms with E-state index in [1.165, 1.54) is 6.07 Å². The van der Waals surface area contributed by atoms with Crippen LogP contribution in [0.1, 0.15) is 11.3 Å². The molecule has 0 saturated heterocycles. The normalized spacial score (nSPS) is 12.7. The van der Waals surface area contributed by atoms with E-state index in [1.54, 1.807) is 0 Å². The Bertz CT molecular complexity index is 663. The first-order chi connectivity index (χ1) is 9.32. The number of hydrogen-bond donors (Lipinski definition) is 2. The van der Waals surface area contributed by atoms with E-state index in [0.717, 1.165) is 29.1 Å². The van der Waals surface area contributed by atoms with Crippen LogP contribution in [0.2, 0.25) is 0 Å². The van der Waals surface area contributed by atoms with E-state index in [0.29, 0.717) is 0 Å². The molecule has 3 N–H and O–H groups in total. The van der Waals surface area contributed by atoms with Crippen molar-refractivity contribution >= 4 is 5.84 Å². The maximum Gasteiger partial charge on any atom is 0.435 e. The number of alkyl halides is 3. The summed E-state index contributed by atoms with van der Waals surface area (Å²) < 4.78 is 51.5. The van der Waals surface area contributed by atoms with Gasteiger partial charge in [0.1, 0.15) is 5.82 Å². The van der Waals surface area contributed by atoms with E-state index in [2.05, 4.69) is 10.3 Å². The van der Waals surface area contributed by atoms with Crippen molar-refractivity contribution in [3.8, 4) is 5.69 Å². The van der Waals surface area contributed by atoms with E-state index in [9.17, 15) is 17.6 Å². The standard InChI is InChI=1S/C11H8F4N4O/c12-6-1-2-8(7(5-6)10(16)18-20)19-4-3-9(17-19)11(13,14)15/h1-5,20H,(H2,16,18). The molecule has 2 aromatic rings. The zero-order valence-corrected chi connectivity index (χ0v) is 9.76. The molecule has 0 bridgehead atoms. The molecule has 0 aliphatic carbocycles. The summed E-state index contributed by atoms with van der Waals surface area (Å²) in [5.41, 5.74) is 4.23. The predicted octanol–water partition coefficient (Wildman–Crippen LogP) is 2.12. The van der Waals surface area contributed by atoms with Gasteiger partial charge in [-0.25, -0.2) is 9.07 Å². The summed E-state index contributed by atoms with van der Waals surface area (Å²) in [6.45, 7) is 0. The second-order valence-corrected chi connectivity index (χ2v) is 3.79. The van der Waals surface area contributed by atoms with Crippen LogP contribution in [0.3, 0.4) is 0 Å². The lowest BCUT2D eigenvalue weighted by Crippen LogP contribution is -2.17. The van der Waals surface area contributed by atoms with Crippen LogP contribution in [0.5, 0.6) is 0 Å². The van der Waals surface area contributed by atoms with Crippen LogP contribution >= 0.6 is 0 Å². The molecule has 0 atom stereocenters. The Labute approximate surface area is 109 Å². The molecule has 0 fully saturated rings. The SMILES string of the molecule is NC(=NO)c1cc(F)ccc1-n1ccc(C(F)(F)F)n1. The van der Waals surface area contributed by atoms with E-state index >= 15 is 0 Å². The van der Waals surface area contributed by atoms with Crippen LogP contribution in [-0.2, 0) is 6.18 Å². The molecular formula is C11H8F4N4O. The minimum Gasteiger partial charge on any atom is -0.409 e. The van der Waals surface area contributed by atoms with Crippen molar-refractivity contribution in [2.24, 2.45) is 10.9 Å². The highest BCUT2D eigenvalue weighted by Crippen LogP contribution is 2.28. The van der Waals surface area contributed by atoms with Crippen molar-refractivity contribution in [3.63, 3.8) is 0 Å². The van der Waals surface area contributed by atoms with E-state index in [-0.39, 0.29) is 11.3 Å². The third kappa shape index (κ3) is 2.56. The fourth-order valence-electron chi connectivity index (χ4n) is 1.58. The van der Waals surface area contributed by atoms with Crippen LogP contribution < -0.4 is 5.73 Å². The fraction of sp³-hybridized carbons (Fsp3) is 0.0909. The zero-order valence-electron chi connectivity index (χ0n) is 9.76. The van der Waals surface area contributed by atoms with Crippen LogP contribution in [0.25, 0.3) is 5.69 Å². The lowest BCUT2D eigenvalue weighted by Gasteiger charge is -2.08. The van der Waals surface area contributed by atoms with Gasteiger partial charge in [0.25, 0.3) is 0 Å². The second kappa shape index (κ2) is 4.83. The van der Waals surface area contributed by atoms with Gasteiger partial charge < -0.3 is 10.9 Å². The van der Waals surface area contributed by atoms with Gasteiger partial charge in [0, 0.05) is 11.8 Å². The quantitative estimate of drug-likeness (QED) is 0.292. The van der Waals surface area contributed by atoms with Crippen LogP contribution in [0, 0.1) is 5.82 Å². The number of benzene rings is 1. The van der Waals surface area contributed by atoms with E-state index in [1.807, 2.05) is 0 Å². The first-order valence-corrected chi connectivity index (χ1v) is 5.23. The van der Waals surface area contributed by atoms with E-state index in [4.69, 9.17) is 10.9 Å².